The van der Waals surface area contributed by atoms with Crippen molar-refractivity contribution in [2.24, 2.45) is 5.14 Å². The second-order valence-electron chi connectivity index (χ2n) is 4.17. The fraction of sp³-hybridized carbons (Fsp3) is 0.0769. The summed E-state index contributed by atoms with van der Waals surface area (Å²) in [6, 6.07) is 12.1. The lowest BCUT2D eigenvalue weighted by Crippen LogP contribution is -2.18. The maximum absolute atomic E-state index is 10.8. The van der Waals surface area contributed by atoms with Gasteiger partial charge in [-0.05, 0) is 35.4 Å². The monoisotopic (exact) mass is 293 g/mol. The number of benzene rings is 2. The third-order valence-electron chi connectivity index (χ3n) is 2.77. The SMILES string of the molecule is NS(=O)(=O)Oc1ccc(-c2ccc3c(c2)OCO3)cc1. The Hall–Kier alpha value is -2.25. The smallest absolute Gasteiger partial charge is 0.380 e. The molecule has 6 nitrogen and oxygen atoms in total. The van der Waals surface area contributed by atoms with Gasteiger partial charge in [0.15, 0.2) is 11.5 Å². The Kier molecular flexibility index (Phi) is 3.00. The molecule has 1 aliphatic heterocycles. The zero-order valence-electron chi connectivity index (χ0n) is 10.3. The van der Waals surface area contributed by atoms with Crippen molar-refractivity contribution in [2.45, 2.75) is 0 Å². The van der Waals surface area contributed by atoms with Crippen LogP contribution in [0, 0.1) is 0 Å². The summed E-state index contributed by atoms with van der Waals surface area (Å²) in [5.74, 6) is 1.56. The van der Waals surface area contributed by atoms with Crippen molar-refractivity contribution in [2.75, 3.05) is 6.79 Å². The minimum atomic E-state index is -4.00. The fourth-order valence-electron chi connectivity index (χ4n) is 1.91. The summed E-state index contributed by atoms with van der Waals surface area (Å²) >= 11 is 0. The first-order valence-electron chi connectivity index (χ1n) is 5.73. The van der Waals surface area contributed by atoms with E-state index in [4.69, 9.17) is 14.6 Å². The minimum absolute atomic E-state index is 0.164. The van der Waals surface area contributed by atoms with Gasteiger partial charge in [0, 0.05) is 0 Å². The Morgan fingerprint density at radius 3 is 2.30 bits per heavy atom. The van der Waals surface area contributed by atoms with E-state index in [-0.39, 0.29) is 12.5 Å². The zero-order chi connectivity index (χ0) is 14.2. The number of fused-ring (bicyclic) bond motifs is 1. The highest BCUT2D eigenvalue weighted by Crippen LogP contribution is 2.36. The van der Waals surface area contributed by atoms with Gasteiger partial charge >= 0.3 is 10.3 Å². The van der Waals surface area contributed by atoms with Crippen molar-refractivity contribution in [3.63, 3.8) is 0 Å². The second kappa shape index (κ2) is 4.69. The van der Waals surface area contributed by atoms with Crippen LogP contribution < -0.4 is 18.8 Å². The Balaban J connectivity index is 1.88. The molecule has 1 aliphatic rings. The topological polar surface area (TPSA) is 87.9 Å². The molecule has 3 rings (SSSR count). The number of rotatable bonds is 3. The lowest BCUT2D eigenvalue weighted by molar-refractivity contribution is 0.174. The molecular weight excluding hydrogens is 282 g/mol. The quantitative estimate of drug-likeness (QED) is 0.930. The highest BCUT2D eigenvalue weighted by molar-refractivity contribution is 7.84. The predicted octanol–water partition coefficient (Wildman–Crippen LogP) is 1.66. The van der Waals surface area contributed by atoms with E-state index in [2.05, 4.69) is 4.18 Å². The van der Waals surface area contributed by atoms with Crippen LogP contribution in [0.1, 0.15) is 0 Å². The molecular formula is C13H11NO5S. The third kappa shape index (κ3) is 2.68. The molecule has 0 radical (unpaired) electrons. The molecule has 0 bridgehead atoms. The van der Waals surface area contributed by atoms with E-state index in [0.717, 1.165) is 11.1 Å². The Labute approximate surface area is 115 Å². The van der Waals surface area contributed by atoms with E-state index < -0.39 is 10.3 Å². The minimum Gasteiger partial charge on any atom is -0.454 e. The standard InChI is InChI=1S/C13H11NO5S/c14-20(15,16)19-11-4-1-9(2-5-11)10-3-6-12-13(7-10)18-8-17-12/h1-7H,8H2,(H2,14,15,16). The van der Waals surface area contributed by atoms with Crippen LogP contribution in [0.2, 0.25) is 0 Å². The van der Waals surface area contributed by atoms with E-state index >= 15 is 0 Å². The Bertz CT molecular complexity index is 740. The Morgan fingerprint density at radius 1 is 0.950 bits per heavy atom. The van der Waals surface area contributed by atoms with Crippen LogP contribution in [0.5, 0.6) is 17.2 Å². The molecule has 2 aromatic rings. The maximum atomic E-state index is 10.8. The number of ether oxygens (including phenoxy) is 2. The van der Waals surface area contributed by atoms with Gasteiger partial charge in [0.25, 0.3) is 0 Å². The van der Waals surface area contributed by atoms with Gasteiger partial charge in [-0.2, -0.15) is 13.6 Å². The highest BCUT2D eigenvalue weighted by atomic mass is 32.2. The molecule has 0 spiro atoms. The van der Waals surface area contributed by atoms with Crippen molar-refractivity contribution >= 4 is 10.3 Å². The van der Waals surface area contributed by atoms with E-state index in [1.807, 2.05) is 18.2 Å². The van der Waals surface area contributed by atoms with Gasteiger partial charge in [-0.3, -0.25) is 0 Å². The molecule has 0 unspecified atom stereocenters. The molecule has 2 aromatic carbocycles. The van der Waals surface area contributed by atoms with Gasteiger partial charge in [0.1, 0.15) is 5.75 Å². The van der Waals surface area contributed by atoms with Crippen molar-refractivity contribution in [3.8, 4) is 28.4 Å². The van der Waals surface area contributed by atoms with E-state index in [9.17, 15) is 8.42 Å². The van der Waals surface area contributed by atoms with Gasteiger partial charge in [0.05, 0.1) is 0 Å². The van der Waals surface area contributed by atoms with Crippen molar-refractivity contribution in [1.82, 2.24) is 0 Å². The maximum Gasteiger partial charge on any atom is 0.380 e. The lowest BCUT2D eigenvalue weighted by Gasteiger charge is -2.05. The summed E-state index contributed by atoms with van der Waals surface area (Å²) in [6.45, 7) is 0.222. The first-order valence-corrected chi connectivity index (χ1v) is 7.21. The molecule has 7 heteroatoms. The lowest BCUT2D eigenvalue weighted by atomic mass is 10.1. The van der Waals surface area contributed by atoms with E-state index in [1.165, 1.54) is 12.1 Å². The molecule has 1 heterocycles. The van der Waals surface area contributed by atoms with Gasteiger partial charge in [-0.15, -0.1) is 0 Å². The van der Waals surface area contributed by atoms with Gasteiger partial charge < -0.3 is 13.7 Å². The van der Waals surface area contributed by atoms with Crippen molar-refractivity contribution in [3.05, 3.63) is 42.5 Å². The first kappa shape index (κ1) is 12.8. The summed E-state index contributed by atoms with van der Waals surface area (Å²) < 4.78 is 36.7. The molecule has 0 saturated carbocycles. The average Bonchev–Trinajstić information content (AvgIpc) is 2.85. The van der Waals surface area contributed by atoms with Gasteiger partial charge in [-0.25, -0.2) is 0 Å². The summed E-state index contributed by atoms with van der Waals surface area (Å²) in [4.78, 5) is 0. The van der Waals surface area contributed by atoms with E-state index in [0.29, 0.717) is 11.5 Å². The van der Waals surface area contributed by atoms with Crippen LogP contribution in [0.25, 0.3) is 11.1 Å². The molecule has 0 saturated heterocycles. The normalized spacial score (nSPS) is 13.2. The summed E-state index contributed by atoms with van der Waals surface area (Å²) in [5.41, 5.74) is 1.82. The molecule has 0 aromatic heterocycles. The number of hydrogen-bond acceptors (Lipinski definition) is 5. The summed E-state index contributed by atoms with van der Waals surface area (Å²) in [7, 11) is -4.00. The largest absolute Gasteiger partial charge is 0.454 e. The van der Waals surface area contributed by atoms with Gasteiger partial charge in [-0.1, -0.05) is 18.2 Å². The molecule has 0 amide bonds. The van der Waals surface area contributed by atoms with E-state index in [1.54, 1.807) is 12.1 Å². The Morgan fingerprint density at radius 2 is 1.60 bits per heavy atom. The molecule has 0 fully saturated rings. The molecule has 0 aliphatic carbocycles. The third-order valence-corrected chi connectivity index (χ3v) is 3.20. The van der Waals surface area contributed by atoms with Gasteiger partial charge in [0.2, 0.25) is 6.79 Å². The molecule has 0 atom stereocenters. The molecule has 2 N–H and O–H groups in total. The predicted molar refractivity (Wildman–Crippen MR) is 71.7 cm³/mol. The van der Waals surface area contributed by atoms with Crippen LogP contribution in [0.3, 0.4) is 0 Å². The fourth-order valence-corrected chi connectivity index (χ4v) is 2.29. The number of hydrogen-bond donors (Lipinski definition) is 1. The average molecular weight is 293 g/mol. The van der Waals surface area contributed by atoms with Crippen LogP contribution in [0.4, 0.5) is 0 Å². The second-order valence-corrected chi connectivity index (χ2v) is 5.32. The van der Waals surface area contributed by atoms with Crippen LogP contribution >= 0.6 is 0 Å². The van der Waals surface area contributed by atoms with Crippen molar-refractivity contribution in [1.29, 1.82) is 0 Å². The molecule has 104 valence electrons. The van der Waals surface area contributed by atoms with Crippen molar-refractivity contribution < 1.29 is 22.1 Å². The van der Waals surface area contributed by atoms with Crippen LogP contribution in [0.15, 0.2) is 42.5 Å². The first-order chi connectivity index (χ1) is 9.51. The molecule has 20 heavy (non-hydrogen) atoms. The number of nitrogens with two attached hydrogens (primary N) is 1. The van der Waals surface area contributed by atoms with Crippen LogP contribution in [-0.2, 0) is 10.3 Å². The zero-order valence-corrected chi connectivity index (χ0v) is 11.1. The summed E-state index contributed by atoms with van der Waals surface area (Å²) in [5, 5.41) is 4.80. The highest BCUT2D eigenvalue weighted by Gasteiger charge is 2.14. The van der Waals surface area contributed by atoms with Crippen LogP contribution in [-0.4, -0.2) is 15.2 Å². The summed E-state index contributed by atoms with van der Waals surface area (Å²) in [6.07, 6.45) is 0.